The minimum absolute atomic E-state index is 0.430. The van der Waals surface area contributed by atoms with Crippen molar-refractivity contribution < 1.29 is 0 Å². The van der Waals surface area contributed by atoms with Gasteiger partial charge < -0.3 is 0 Å². The molecule has 0 spiro atoms. The molecule has 1 heteroatoms. The van der Waals surface area contributed by atoms with Gasteiger partial charge in [0.15, 0.2) is 0 Å². The van der Waals surface area contributed by atoms with Gasteiger partial charge in [-0.15, -0.1) is 0 Å². The summed E-state index contributed by atoms with van der Waals surface area (Å²) < 4.78 is 2.31. The third-order valence-corrected chi connectivity index (χ3v) is 10.9. The Morgan fingerprint density at radius 2 is 1.33 bits per heavy atom. The molecule has 9 heavy (non-hydrogen) atoms. The molecular weight excluding hydrogens is 233 g/mol. The fourth-order valence-electron chi connectivity index (χ4n) is 1.02. The third kappa shape index (κ3) is 5.99. The Morgan fingerprint density at radius 3 is 1.56 bits per heavy atom. The Kier molecular flexibility index (Phi) is 7.39. The van der Waals surface area contributed by atoms with Gasteiger partial charge in [-0.05, 0) is 0 Å². The second-order valence-corrected chi connectivity index (χ2v) is 13.5. The van der Waals surface area contributed by atoms with E-state index in [2.05, 4.69) is 27.7 Å². The molecule has 0 nitrogen and oxygen atoms in total. The van der Waals surface area contributed by atoms with Crippen molar-refractivity contribution in [2.75, 3.05) is 0 Å². The van der Waals surface area contributed by atoms with Crippen LogP contribution in [0.1, 0.15) is 40.5 Å². The first-order chi connectivity index (χ1) is 4.20. The quantitative estimate of drug-likeness (QED) is 0.674. The van der Waals surface area contributed by atoms with Gasteiger partial charge >= 0.3 is 85.5 Å². The van der Waals surface area contributed by atoms with Gasteiger partial charge in [0.05, 0.1) is 0 Å². The molecule has 0 amide bonds. The summed E-state index contributed by atoms with van der Waals surface area (Å²) in [5, 5.41) is 0. The second-order valence-electron chi connectivity index (χ2n) is 3.26. The molecule has 0 saturated carbocycles. The summed E-state index contributed by atoms with van der Waals surface area (Å²) in [5.74, 6) is 0. The van der Waals surface area contributed by atoms with E-state index in [0.29, 0.717) is 0 Å². The van der Waals surface area contributed by atoms with Crippen molar-refractivity contribution in [3.63, 3.8) is 0 Å². The van der Waals surface area contributed by atoms with Gasteiger partial charge in [-0.3, -0.25) is 0 Å². The van der Waals surface area contributed by atoms with Crippen LogP contribution in [0.2, 0.25) is 0.772 Å². The Balaban J connectivity index is 3.22. The molecule has 0 bridgehead atoms. The van der Waals surface area contributed by atoms with E-state index in [1.54, 1.807) is 0 Å². The van der Waals surface area contributed by atoms with Crippen LogP contribution in [0.4, 0.5) is 0 Å². The van der Waals surface area contributed by atoms with Crippen molar-refractivity contribution in [2.45, 2.75) is 41.3 Å². The molecule has 2 atom stereocenters. The Bertz CT molecular complexity index is 53.6. The fourth-order valence-corrected chi connectivity index (χ4v) is 7.43. The zero-order chi connectivity index (χ0) is 7.28. The molecule has 0 aliphatic heterocycles. The molecular formula is C8H18Ba. The number of hydrogen-bond donors (Lipinski definition) is 0. The summed E-state index contributed by atoms with van der Waals surface area (Å²) in [6.07, 6.45) is 2.87. The Hall–Kier alpha value is 1.57. The van der Waals surface area contributed by atoms with Crippen LogP contribution in [0.15, 0.2) is 0 Å². The predicted molar refractivity (Wildman–Crippen MR) is 45.2 cm³/mol. The van der Waals surface area contributed by atoms with Crippen LogP contribution in [-0.4, -0.2) is 44.2 Å². The molecule has 0 aromatic rings. The van der Waals surface area contributed by atoms with Crippen molar-refractivity contribution in [3.05, 3.63) is 0 Å². The zero-order valence-electron chi connectivity index (χ0n) is 7.28. The van der Waals surface area contributed by atoms with Gasteiger partial charge in [0, 0.05) is 0 Å². The maximum absolute atomic E-state index is 2.44. The van der Waals surface area contributed by atoms with Crippen LogP contribution < -0.4 is 0 Å². The average molecular weight is 252 g/mol. The molecule has 0 N–H and O–H groups in total. The van der Waals surface area contributed by atoms with Crippen molar-refractivity contribution in [3.8, 4) is 0 Å². The number of rotatable bonds is 4. The first kappa shape index (κ1) is 10.6. The van der Waals surface area contributed by atoms with E-state index >= 15 is 0 Å². The standard InChI is InChI=1S/2C4H9.Ba/c2*1-3-4-2;/h2*3H,4H2,1-2H3;. The van der Waals surface area contributed by atoms with E-state index in [-0.39, 0.29) is 0 Å². The van der Waals surface area contributed by atoms with Crippen LogP contribution >= 0.6 is 0 Å². The van der Waals surface area contributed by atoms with Crippen LogP contribution in [0.5, 0.6) is 0 Å². The minimum atomic E-state index is -0.430. The van der Waals surface area contributed by atoms with Crippen molar-refractivity contribution in [1.82, 2.24) is 0 Å². The molecule has 0 saturated heterocycles. The fraction of sp³-hybridized carbons (Fsp3) is 1.00. The van der Waals surface area contributed by atoms with E-state index in [4.69, 9.17) is 0 Å². The molecule has 0 fully saturated rings. The summed E-state index contributed by atoms with van der Waals surface area (Å²) >= 11 is -0.430. The first-order valence-corrected chi connectivity index (χ1v) is 9.33. The van der Waals surface area contributed by atoms with Crippen LogP contribution in [0, 0.1) is 0 Å². The molecule has 0 rings (SSSR count). The zero-order valence-corrected chi connectivity index (χ0v) is 11.7. The summed E-state index contributed by atoms with van der Waals surface area (Å²) in [5.41, 5.74) is 0. The SMILES string of the molecule is CC[CH](C)[Ba][CH](C)CC. The molecule has 0 radical (unpaired) electrons. The molecule has 0 aliphatic carbocycles. The summed E-state index contributed by atoms with van der Waals surface area (Å²) in [6, 6.07) is 0. The monoisotopic (exact) mass is 252 g/mol. The summed E-state index contributed by atoms with van der Waals surface area (Å²) in [7, 11) is 0. The van der Waals surface area contributed by atoms with Gasteiger partial charge in [-0.25, -0.2) is 0 Å². The van der Waals surface area contributed by atoms with Gasteiger partial charge in [0.1, 0.15) is 0 Å². The number of hydrogen-bond acceptors (Lipinski definition) is 0. The van der Waals surface area contributed by atoms with Crippen molar-refractivity contribution >= 4 is 44.2 Å². The Labute approximate surface area is 84.1 Å². The molecule has 0 aromatic heterocycles. The normalized spacial score (nSPS) is 16.4. The van der Waals surface area contributed by atoms with Crippen molar-refractivity contribution in [1.29, 1.82) is 0 Å². The van der Waals surface area contributed by atoms with E-state index in [1.807, 2.05) is 0 Å². The van der Waals surface area contributed by atoms with Crippen LogP contribution in [-0.2, 0) is 0 Å². The first-order valence-electron chi connectivity index (χ1n) is 4.20. The maximum atomic E-state index is 2.44. The van der Waals surface area contributed by atoms with E-state index in [9.17, 15) is 0 Å². The van der Waals surface area contributed by atoms with Gasteiger partial charge in [0.2, 0.25) is 0 Å². The van der Waals surface area contributed by atoms with Crippen LogP contribution in [0.25, 0.3) is 0 Å². The third-order valence-electron chi connectivity index (χ3n) is 2.20. The topological polar surface area (TPSA) is 0 Å². The van der Waals surface area contributed by atoms with Gasteiger partial charge in [-0.1, -0.05) is 0 Å². The van der Waals surface area contributed by atoms with Gasteiger partial charge in [0.25, 0.3) is 0 Å². The van der Waals surface area contributed by atoms with E-state index < -0.39 is 44.2 Å². The molecule has 2 unspecified atom stereocenters. The Morgan fingerprint density at radius 1 is 1.00 bits per heavy atom. The summed E-state index contributed by atoms with van der Waals surface area (Å²) in [6.45, 7) is 9.53. The molecule has 0 aromatic carbocycles. The second kappa shape index (κ2) is 6.29. The predicted octanol–water partition coefficient (Wildman–Crippen LogP) is 3.13. The molecule has 0 aliphatic rings. The van der Waals surface area contributed by atoms with Crippen molar-refractivity contribution in [2.24, 2.45) is 0 Å². The van der Waals surface area contributed by atoms with E-state index in [1.165, 1.54) is 12.8 Å². The van der Waals surface area contributed by atoms with Gasteiger partial charge in [-0.2, -0.15) is 0 Å². The average Bonchev–Trinajstić information content (AvgIpc) is 1.87. The van der Waals surface area contributed by atoms with Crippen LogP contribution in [0.3, 0.4) is 0 Å². The molecule has 0 heterocycles. The molecule has 52 valence electrons. The summed E-state index contributed by atoms with van der Waals surface area (Å²) in [4.78, 5) is 0. The van der Waals surface area contributed by atoms with E-state index in [0.717, 1.165) is 0.772 Å².